The number of urea groups is 1. The number of nitrogens with one attached hydrogen (secondary N) is 3. The molecule has 1 saturated heterocycles. The van der Waals surface area contributed by atoms with Crippen LogP contribution in [0.3, 0.4) is 0 Å². The van der Waals surface area contributed by atoms with Gasteiger partial charge in [0.1, 0.15) is 5.82 Å². The molecule has 5 N–H and O–H groups in total. The predicted octanol–water partition coefficient (Wildman–Crippen LogP) is 1.03. The molecule has 2 atom stereocenters. The molecule has 0 bridgehead atoms. The molecule has 0 unspecified atom stereocenters. The summed E-state index contributed by atoms with van der Waals surface area (Å²) >= 11 is 0. The molecule has 166 valence electrons. The van der Waals surface area contributed by atoms with Crippen molar-refractivity contribution in [3.8, 4) is 5.69 Å². The Labute approximate surface area is 182 Å². The number of hydrogen-bond acceptors (Lipinski definition) is 6. The minimum Gasteiger partial charge on any atom is -0.328 e. The first-order chi connectivity index (χ1) is 15.1. The van der Waals surface area contributed by atoms with E-state index in [0.29, 0.717) is 25.2 Å². The Bertz CT molecular complexity index is 938. The van der Waals surface area contributed by atoms with Gasteiger partial charge in [0.25, 0.3) is 0 Å². The van der Waals surface area contributed by atoms with Gasteiger partial charge in [0, 0.05) is 51.0 Å². The molecule has 2 aromatic rings. The fraction of sp³-hybridized carbons (Fsp3) is 0.500. The summed E-state index contributed by atoms with van der Waals surface area (Å²) in [6, 6.07) is 10.0. The van der Waals surface area contributed by atoms with Crippen LogP contribution in [0.5, 0.6) is 0 Å². The van der Waals surface area contributed by atoms with E-state index in [2.05, 4.69) is 20.9 Å². The Balaban J connectivity index is 1.35. The quantitative estimate of drug-likeness (QED) is 0.568. The first-order valence-corrected chi connectivity index (χ1v) is 11.0. The summed E-state index contributed by atoms with van der Waals surface area (Å²) in [7, 11) is 0. The number of nitrogens with zero attached hydrogens (tertiary/aromatic N) is 3. The zero-order valence-electron chi connectivity index (χ0n) is 17.7. The van der Waals surface area contributed by atoms with Gasteiger partial charge in [-0.2, -0.15) is 4.98 Å². The van der Waals surface area contributed by atoms with Crippen molar-refractivity contribution >= 4 is 11.8 Å². The smallest absolute Gasteiger partial charge is 0.328 e. The van der Waals surface area contributed by atoms with Gasteiger partial charge in [0.05, 0.1) is 5.69 Å². The number of nitrogens with two attached hydrogens (primary N) is 1. The average Bonchev–Trinajstić information content (AvgIpc) is 2.79. The van der Waals surface area contributed by atoms with Crippen LogP contribution in [0.15, 0.2) is 41.3 Å². The second-order valence-corrected chi connectivity index (χ2v) is 8.30. The molecular formula is C22H31N7O2. The highest BCUT2D eigenvalue weighted by Gasteiger charge is 2.19. The summed E-state index contributed by atoms with van der Waals surface area (Å²) in [6.07, 6.45) is 6.13. The van der Waals surface area contributed by atoms with Crippen molar-refractivity contribution < 1.29 is 4.79 Å². The number of rotatable bonds is 5. The van der Waals surface area contributed by atoms with Crippen molar-refractivity contribution in [1.82, 2.24) is 25.1 Å². The molecule has 2 amide bonds. The summed E-state index contributed by atoms with van der Waals surface area (Å²) in [6.45, 7) is 3.58. The SMILES string of the molecule is N[C@@H]1CCC[C@H](NCc2ccc(-n3ccc(NC(=O)N4CCNCC4)nc3=O)cc2)C1. The van der Waals surface area contributed by atoms with Gasteiger partial charge in [-0.3, -0.25) is 9.88 Å². The maximum Gasteiger partial charge on any atom is 0.354 e. The van der Waals surface area contributed by atoms with E-state index in [9.17, 15) is 9.59 Å². The largest absolute Gasteiger partial charge is 0.354 e. The number of carbonyl (C=O) groups is 1. The average molecular weight is 426 g/mol. The number of piperazine rings is 1. The van der Waals surface area contributed by atoms with Crippen molar-refractivity contribution in [3.05, 3.63) is 52.6 Å². The van der Waals surface area contributed by atoms with Crippen LogP contribution in [-0.2, 0) is 6.54 Å². The molecule has 1 saturated carbocycles. The van der Waals surface area contributed by atoms with Crippen LogP contribution in [-0.4, -0.2) is 58.7 Å². The van der Waals surface area contributed by atoms with Crippen LogP contribution >= 0.6 is 0 Å². The lowest BCUT2D eigenvalue weighted by Gasteiger charge is -2.27. The molecule has 0 spiro atoms. The fourth-order valence-corrected chi connectivity index (χ4v) is 4.18. The number of hydrogen-bond donors (Lipinski definition) is 4. The Morgan fingerprint density at radius 3 is 2.65 bits per heavy atom. The normalized spacial score (nSPS) is 21.6. The lowest BCUT2D eigenvalue weighted by atomic mass is 9.91. The van der Waals surface area contributed by atoms with Crippen LogP contribution in [0.25, 0.3) is 5.69 Å². The highest BCUT2D eigenvalue weighted by atomic mass is 16.2. The highest BCUT2D eigenvalue weighted by Crippen LogP contribution is 2.17. The fourth-order valence-electron chi connectivity index (χ4n) is 4.18. The predicted molar refractivity (Wildman–Crippen MR) is 120 cm³/mol. The van der Waals surface area contributed by atoms with Gasteiger partial charge < -0.3 is 21.3 Å². The van der Waals surface area contributed by atoms with Crippen LogP contribution in [0.4, 0.5) is 10.6 Å². The van der Waals surface area contributed by atoms with Crippen molar-refractivity contribution in [2.24, 2.45) is 5.73 Å². The maximum absolute atomic E-state index is 12.5. The summed E-state index contributed by atoms with van der Waals surface area (Å²) in [5, 5.41) is 9.49. The first kappa shape index (κ1) is 21.5. The second kappa shape index (κ2) is 10.0. The van der Waals surface area contributed by atoms with Gasteiger partial charge in [0.15, 0.2) is 0 Å². The second-order valence-electron chi connectivity index (χ2n) is 8.30. The third-order valence-corrected chi connectivity index (χ3v) is 5.97. The van der Waals surface area contributed by atoms with Crippen molar-refractivity contribution in [1.29, 1.82) is 0 Å². The van der Waals surface area contributed by atoms with E-state index in [1.54, 1.807) is 17.2 Å². The standard InChI is InChI=1S/C22H31N7O2/c23-17-2-1-3-18(14-17)25-15-16-4-6-19(7-5-16)29-11-8-20(27-22(29)31)26-21(30)28-12-9-24-10-13-28/h4-8,11,17-18,24-25H,1-3,9-10,12-15,23H2,(H,26,27,30,31)/t17-,18+/m1/s1. The topological polar surface area (TPSA) is 117 Å². The van der Waals surface area contributed by atoms with Crippen molar-refractivity contribution in [2.75, 3.05) is 31.5 Å². The van der Waals surface area contributed by atoms with Crippen molar-refractivity contribution in [2.45, 2.75) is 44.3 Å². The summed E-state index contributed by atoms with van der Waals surface area (Å²) in [5.74, 6) is 0.260. The van der Waals surface area contributed by atoms with E-state index in [4.69, 9.17) is 5.73 Å². The van der Waals surface area contributed by atoms with E-state index >= 15 is 0 Å². The zero-order chi connectivity index (χ0) is 21.6. The zero-order valence-corrected chi connectivity index (χ0v) is 17.7. The number of aromatic nitrogens is 2. The molecule has 2 heterocycles. The molecule has 1 aromatic heterocycles. The van der Waals surface area contributed by atoms with Gasteiger partial charge in [-0.05, 0) is 43.0 Å². The maximum atomic E-state index is 12.5. The number of carbonyl (C=O) groups excluding carboxylic acids is 1. The molecule has 0 radical (unpaired) electrons. The minimum absolute atomic E-state index is 0.234. The summed E-state index contributed by atoms with van der Waals surface area (Å²) in [5.41, 5.74) is 7.52. The minimum atomic E-state index is -0.430. The first-order valence-electron chi connectivity index (χ1n) is 11.0. The van der Waals surface area contributed by atoms with Crippen LogP contribution < -0.4 is 27.4 Å². The molecule has 1 aromatic carbocycles. The van der Waals surface area contributed by atoms with E-state index in [-0.39, 0.29) is 11.8 Å². The summed E-state index contributed by atoms with van der Waals surface area (Å²) in [4.78, 5) is 30.5. The Hall–Kier alpha value is -2.75. The molecule has 2 fully saturated rings. The Morgan fingerprint density at radius 1 is 1.16 bits per heavy atom. The molecule has 4 rings (SSSR count). The molecule has 9 heteroatoms. The molecule has 9 nitrogen and oxygen atoms in total. The van der Waals surface area contributed by atoms with Crippen LogP contribution in [0.1, 0.15) is 31.2 Å². The van der Waals surface area contributed by atoms with Crippen LogP contribution in [0.2, 0.25) is 0 Å². The highest BCUT2D eigenvalue weighted by molar-refractivity contribution is 5.88. The third kappa shape index (κ3) is 5.69. The Morgan fingerprint density at radius 2 is 1.94 bits per heavy atom. The van der Waals surface area contributed by atoms with Crippen LogP contribution in [0, 0.1) is 0 Å². The van der Waals surface area contributed by atoms with E-state index in [1.165, 1.54) is 17.4 Å². The number of amides is 2. The van der Waals surface area contributed by atoms with Gasteiger partial charge in [-0.15, -0.1) is 0 Å². The summed E-state index contributed by atoms with van der Waals surface area (Å²) < 4.78 is 1.47. The lowest BCUT2D eigenvalue weighted by molar-refractivity contribution is 0.204. The van der Waals surface area contributed by atoms with E-state index in [0.717, 1.165) is 43.7 Å². The third-order valence-electron chi connectivity index (χ3n) is 5.97. The lowest BCUT2D eigenvalue weighted by Crippen LogP contribution is -2.48. The van der Waals surface area contributed by atoms with E-state index < -0.39 is 5.69 Å². The molecular weight excluding hydrogens is 394 g/mol. The van der Waals surface area contributed by atoms with Gasteiger partial charge >= 0.3 is 11.7 Å². The van der Waals surface area contributed by atoms with Crippen molar-refractivity contribution in [3.63, 3.8) is 0 Å². The van der Waals surface area contributed by atoms with Gasteiger partial charge in [-0.1, -0.05) is 18.6 Å². The number of benzene rings is 1. The molecule has 31 heavy (non-hydrogen) atoms. The van der Waals surface area contributed by atoms with Gasteiger partial charge in [-0.25, -0.2) is 9.59 Å². The molecule has 1 aliphatic carbocycles. The molecule has 2 aliphatic rings. The Kier molecular flexibility index (Phi) is 6.96. The van der Waals surface area contributed by atoms with Gasteiger partial charge in [0.2, 0.25) is 0 Å². The monoisotopic (exact) mass is 425 g/mol. The number of anilines is 1. The molecule has 1 aliphatic heterocycles. The van der Waals surface area contributed by atoms with E-state index in [1.807, 2.05) is 24.3 Å².